The van der Waals surface area contributed by atoms with Crippen molar-refractivity contribution in [2.75, 3.05) is 19.4 Å². The van der Waals surface area contributed by atoms with Crippen molar-refractivity contribution in [3.05, 3.63) is 29.3 Å². The molecule has 1 heterocycles. The van der Waals surface area contributed by atoms with Gasteiger partial charge in [-0.25, -0.2) is 5.01 Å². The molecular formula is C14H19N3O2. The molecule has 0 atom stereocenters. The molecule has 2 N–H and O–H groups in total. The topological polar surface area (TPSA) is 61.4 Å². The SMILES string of the molecule is CN(C)NC(=O)CCc1ccc2c(c1)CCC(=O)N2. The molecule has 5 nitrogen and oxygen atoms in total. The van der Waals surface area contributed by atoms with Crippen molar-refractivity contribution in [3.63, 3.8) is 0 Å². The van der Waals surface area contributed by atoms with Gasteiger partial charge < -0.3 is 5.32 Å². The Balaban J connectivity index is 1.95. The average molecular weight is 261 g/mol. The highest BCUT2D eigenvalue weighted by atomic mass is 16.2. The van der Waals surface area contributed by atoms with Crippen LogP contribution in [-0.2, 0) is 22.4 Å². The number of fused-ring (bicyclic) bond motifs is 1. The van der Waals surface area contributed by atoms with Crippen LogP contribution in [0.2, 0.25) is 0 Å². The van der Waals surface area contributed by atoms with Crippen LogP contribution in [0.25, 0.3) is 0 Å². The second kappa shape index (κ2) is 5.84. The van der Waals surface area contributed by atoms with Crippen molar-refractivity contribution < 1.29 is 9.59 Å². The van der Waals surface area contributed by atoms with Gasteiger partial charge >= 0.3 is 0 Å². The molecule has 1 aliphatic heterocycles. The molecule has 0 unspecified atom stereocenters. The van der Waals surface area contributed by atoms with Crippen LogP contribution in [0.5, 0.6) is 0 Å². The summed E-state index contributed by atoms with van der Waals surface area (Å²) in [5, 5.41) is 4.50. The minimum atomic E-state index is 0.0102. The predicted octanol–water partition coefficient (Wildman–Crippen LogP) is 1.10. The smallest absolute Gasteiger partial charge is 0.234 e. The van der Waals surface area contributed by atoms with Crippen LogP contribution in [0.15, 0.2) is 18.2 Å². The number of hydrogen-bond acceptors (Lipinski definition) is 3. The molecule has 0 saturated carbocycles. The van der Waals surface area contributed by atoms with Gasteiger partial charge in [-0.2, -0.15) is 0 Å². The van der Waals surface area contributed by atoms with Gasteiger partial charge in [-0.3, -0.25) is 15.0 Å². The number of hydrazine groups is 1. The van der Waals surface area contributed by atoms with E-state index in [1.807, 2.05) is 12.1 Å². The van der Waals surface area contributed by atoms with Gasteiger partial charge in [0.25, 0.3) is 0 Å². The van der Waals surface area contributed by atoms with E-state index in [1.54, 1.807) is 19.1 Å². The molecule has 0 bridgehead atoms. The third-order valence-electron chi connectivity index (χ3n) is 3.05. The number of anilines is 1. The number of nitrogens with zero attached hydrogens (tertiary/aromatic N) is 1. The third-order valence-corrected chi connectivity index (χ3v) is 3.05. The Bertz CT molecular complexity index is 497. The highest BCUT2D eigenvalue weighted by molar-refractivity contribution is 5.93. The lowest BCUT2D eigenvalue weighted by molar-refractivity contribution is -0.124. The lowest BCUT2D eigenvalue weighted by atomic mass is 9.98. The van der Waals surface area contributed by atoms with E-state index in [9.17, 15) is 9.59 Å². The second-order valence-corrected chi connectivity index (χ2v) is 4.97. The summed E-state index contributed by atoms with van der Waals surface area (Å²) in [6, 6.07) is 5.97. The zero-order valence-electron chi connectivity index (χ0n) is 11.3. The van der Waals surface area contributed by atoms with Gasteiger partial charge in [-0.05, 0) is 30.0 Å². The lowest BCUT2D eigenvalue weighted by Gasteiger charge is -2.17. The molecule has 0 aromatic heterocycles. The maximum absolute atomic E-state index is 11.5. The molecule has 1 aromatic carbocycles. The number of hydrogen-bond donors (Lipinski definition) is 2. The van der Waals surface area contributed by atoms with Crippen molar-refractivity contribution in [2.24, 2.45) is 0 Å². The largest absolute Gasteiger partial charge is 0.326 e. The Labute approximate surface area is 112 Å². The Hall–Kier alpha value is -1.88. The first-order valence-corrected chi connectivity index (χ1v) is 6.43. The lowest BCUT2D eigenvalue weighted by Crippen LogP contribution is -2.36. The molecule has 0 fully saturated rings. The number of aryl methyl sites for hydroxylation is 2. The first-order chi connectivity index (χ1) is 9.04. The van der Waals surface area contributed by atoms with Gasteiger partial charge in [0, 0.05) is 32.6 Å². The van der Waals surface area contributed by atoms with Crippen LogP contribution in [0, 0.1) is 0 Å². The van der Waals surface area contributed by atoms with E-state index < -0.39 is 0 Å². The number of amides is 2. The minimum absolute atomic E-state index is 0.0102. The van der Waals surface area contributed by atoms with Gasteiger partial charge in [0.2, 0.25) is 11.8 Å². The molecule has 1 aliphatic rings. The van der Waals surface area contributed by atoms with E-state index >= 15 is 0 Å². The maximum atomic E-state index is 11.5. The molecule has 1 aromatic rings. The van der Waals surface area contributed by atoms with Crippen LogP contribution >= 0.6 is 0 Å². The van der Waals surface area contributed by atoms with Crippen LogP contribution in [0.4, 0.5) is 5.69 Å². The van der Waals surface area contributed by atoms with Crippen molar-refractivity contribution in [2.45, 2.75) is 25.7 Å². The van der Waals surface area contributed by atoms with E-state index in [0.717, 1.165) is 23.2 Å². The van der Waals surface area contributed by atoms with Crippen molar-refractivity contribution in [1.82, 2.24) is 10.4 Å². The summed E-state index contributed by atoms with van der Waals surface area (Å²) in [5.74, 6) is 0.0848. The molecule has 2 amide bonds. The highest BCUT2D eigenvalue weighted by Gasteiger charge is 2.14. The summed E-state index contributed by atoms with van der Waals surface area (Å²) in [4.78, 5) is 22.8. The molecule has 5 heteroatoms. The van der Waals surface area contributed by atoms with Gasteiger partial charge in [0.05, 0.1) is 0 Å². The fraction of sp³-hybridized carbons (Fsp3) is 0.429. The number of carbonyl (C=O) groups excluding carboxylic acids is 2. The molecule has 2 rings (SSSR count). The maximum Gasteiger partial charge on any atom is 0.234 e. The normalized spacial score (nSPS) is 13.9. The quantitative estimate of drug-likeness (QED) is 0.798. The van der Waals surface area contributed by atoms with Gasteiger partial charge in [-0.15, -0.1) is 0 Å². The first kappa shape index (κ1) is 13.5. The summed E-state index contributed by atoms with van der Waals surface area (Å²) in [5.41, 5.74) is 5.91. The van der Waals surface area contributed by atoms with E-state index in [4.69, 9.17) is 0 Å². The van der Waals surface area contributed by atoms with Gasteiger partial charge in [0.1, 0.15) is 0 Å². The van der Waals surface area contributed by atoms with Crippen molar-refractivity contribution in [1.29, 1.82) is 0 Å². The van der Waals surface area contributed by atoms with Crippen molar-refractivity contribution >= 4 is 17.5 Å². The van der Waals surface area contributed by atoms with Gasteiger partial charge in [0.15, 0.2) is 0 Å². The van der Waals surface area contributed by atoms with E-state index in [1.165, 1.54) is 0 Å². The molecular weight excluding hydrogens is 242 g/mol. The fourth-order valence-electron chi connectivity index (χ4n) is 2.16. The molecule has 0 radical (unpaired) electrons. The average Bonchev–Trinajstić information content (AvgIpc) is 2.35. The zero-order valence-corrected chi connectivity index (χ0v) is 11.3. The monoisotopic (exact) mass is 261 g/mol. The summed E-state index contributed by atoms with van der Waals surface area (Å²) >= 11 is 0. The van der Waals surface area contributed by atoms with Gasteiger partial charge in [-0.1, -0.05) is 12.1 Å². The summed E-state index contributed by atoms with van der Waals surface area (Å²) in [7, 11) is 3.58. The predicted molar refractivity (Wildman–Crippen MR) is 73.5 cm³/mol. The van der Waals surface area contributed by atoms with Crippen LogP contribution in [0.3, 0.4) is 0 Å². The number of benzene rings is 1. The Morgan fingerprint density at radius 2 is 2.16 bits per heavy atom. The zero-order chi connectivity index (χ0) is 13.8. The Morgan fingerprint density at radius 3 is 2.89 bits per heavy atom. The van der Waals surface area contributed by atoms with E-state index in [2.05, 4.69) is 16.8 Å². The summed E-state index contributed by atoms with van der Waals surface area (Å²) in [6.45, 7) is 0. The fourth-order valence-corrected chi connectivity index (χ4v) is 2.16. The molecule has 0 saturated heterocycles. The highest BCUT2D eigenvalue weighted by Crippen LogP contribution is 2.23. The third kappa shape index (κ3) is 3.79. The van der Waals surface area contributed by atoms with Crippen molar-refractivity contribution in [3.8, 4) is 0 Å². The molecule has 0 aliphatic carbocycles. The Morgan fingerprint density at radius 1 is 1.37 bits per heavy atom. The van der Waals surface area contributed by atoms with Crippen LogP contribution in [0.1, 0.15) is 24.0 Å². The number of carbonyl (C=O) groups is 2. The molecule has 102 valence electrons. The minimum Gasteiger partial charge on any atom is -0.326 e. The summed E-state index contributed by atoms with van der Waals surface area (Å²) < 4.78 is 0. The first-order valence-electron chi connectivity index (χ1n) is 6.43. The van der Waals surface area contributed by atoms with Crippen LogP contribution in [-0.4, -0.2) is 30.9 Å². The van der Waals surface area contributed by atoms with Crippen LogP contribution < -0.4 is 10.7 Å². The number of rotatable bonds is 4. The molecule has 19 heavy (non-hydrogen) atoms. The summed E-state index contributed by atoms with van der Waals surface area (Å²) in [6.07, 6.45) is 2.49. The second-order valence-electron chi connectivity index (χ2n) is 4.97. The standard InChI is InChI=1S/C14H19N3O2/c1-17(2)16-14(19)7-4-10-3-6-12-11(9-10)5-8-13(18)15-12/h3,6,9H,4-5,7-8H2,1-2H3,(H,15,18)(H,16,19). The van der Waals surface area contributed by atoms with E-state index in [0.29, 0.717) is 19.3 Å². The Kier molecular flexibility index (Phi) is 4.16. The van der Waals surface area contributed by atoms with E-state index in [-0.39, 0.29) is 11.8 Å². The number of nitrogens with one attached hydrogen (secondary N) is 2. The molecule has 0 spiro atoms.